The van der Waals surface area contributed by atoms with Crippen LogP contribution in [0.25, 0.3) is 0 Å². The Morgan fingerprint density at radius 3 is 2.67 bits per heavy atom. The molecule has 2 N–H and O–H groups in total. The predicted molar refractivity (Wildman–Crippen MR) is 32.2 cm³/mol. The fraction of sp³-hybridized carbons (Fsp3) is 0. The molecule has 0 aromatic carbocycles. The molecule has 0 unspecified atom stereocenters. The van der Waals surface area contributed by atoms with E-state index >= 15 is 0 Å². The minimum Gasteiger partial charge on any atom is -0.390 e. The number of aliphatic imine (C=N–C) groups is 1. The van der Waals surface area contributed by atoms with Crippen LogP contribution in [-0.2, 0) is 0 Å². The average Bonchev–Trinajstić information content (AvgIpc) is 1.91. The van der Waals surface area contributed by atoms with Crippen LogP contribution in [0.15, 0.2) is 17.6 Å². The van der Waals surface area contributed by atoms with Crippen LogP contribution in [-0.4, -0.2) is 21.3 Å². The van der Waals surface area contributed by atoms with E-state index in [4.69, 9.17) is 5.73 Å². The molecule has 0 radical (unpaired) electrons. The second-order valence-corrected chi connectivity index (χ2v) is 1.22. The van der Waals surface area contributed by atoms with Crippen LogP contribution < -0.4 is 5.73 Å². The molecule has 0 amide bonds. The highest BCUT2D eigenvalue weighted by molar-refractivity contribution is 5.55. The summed E-state index contributed by atoms with van der Waals surface area (Å²) in [6.07, 6.45) is 3.85. The third-order valence-electron chi connectivity index (χ3n) is 0.670. The Balaban J connectivity index is 2.85. The molecule has 0 aliphatic carbocycles. The third-order valence-corrected chi connectivity index (χ3v) is 0.670. The van der Waals surface area contributed by atoms with Gasteiger partial charge in [-0.2, -0.15) is 9.97 Å². The summed E-state index contributed by atoms with van der Waals surface area (Å²) in [4.78, 5) is 14.5. The van der Waals surface area contributed by atoms with Gasteiger partial charge in [0.15, 0.2) is 0 Å². The van der Waals surface area contributed by atoms with Gasteiger partial charge in [0.1, 0.15) is 12.7 Å². The molecular formula is C4H5N5. The van der Waals surface area contributed by atoms with Gasteiger partial charge in [-0.1, -0.05) is 0 Å². The van der Waals surface area contributed by atoms with E-state index in [0.29, 0.717) is 5.95 Å². The molecule has 0 aliphatic heterocycles. The SMILES string of the molecule is NC=Nc1ncncn1. The van der Waals surface area contributed by atoms with Crippen molar-refractivity contribution in [1.29, 1.82) is 0 Å². The van der Waals surface area contributed by atoms with Crippen LogP contribution in [0.4, 0.5) is 5.95 Å². The smallest absolute Gasteiger partial charge is 0.253 e. The summed E-state index contributed by atoms with van der Waals surface area (Å²) in [5.74, 6) is 0.326. The van der Waals surface area contributed by atoms with Gasteiger partial charge in [0.2, 0.25) is 0 Å². The van der Waals surface area contributed by atoms with Gasteiger partial charge in [-0.3, -0.25) is 0 Å². The van der Waals surface area contributed by atoms with Crippen LogP contribution in [0.3, 0.4) is 0 Å². The highest BCUT2D eigenvalue weighted by Crippen LogP contribution is 1.93. The van der Waals surface area contributed by atoms with E-state index in [0.717, 1.165) is 6.34 Å². The zero-order chi connectivity index (χ0) is 6.53. The van der Waals surface area contributed by atoms with Crippen molar-refractivity contribution < 1.29 is 0 Å². The van der Waals surface area contributed by atoms with Crippen LogP contribution >= 0.6 is 0 Å². The zero-order valence-electron chi connectivity index (χ0n) is 4.60. The van der Waals surface area contributed by atoms with Gasteiger partial charge in [-0.15, -0.1) is 0 Å². The minimum atomic E-state index is 0.326. The Bertz CT molecular complexity index is 193. The zero-order valence-corrected chi connectivity index (χ0v) is 4.60. The first-order valence-corrected chi connectivity index (χ1v) is 2.30. The summed E-state index contributed by atoms with van der Waals surface area (Å²) in [5.41, 5.74) is 4.97. The van der Waals surface area contributed by atoms with Crippen molar-refractivity contribution >= 4 is 12.3 Å². The number of hydrogen-bond acceptors (Lipinski definition) is 4. The Labute approximate surface area is 51.7 Å². The molecule has 46 valence electrons. The Morgan fingerprint density at radius 2 is 2.11 bits per heavy atom. The van der Waals surface area contributed by atoms with Crippen LogP contribution in [0, 0.1) is 0 Å². The molecule has 0 aliphatic rings. The lowest BCUT2D eigenvalue weighted by Crippen LogP contribution is -1.89. The molecule has 0 bridgehead atoms. The monoisotopic (exact) mass is 123 g/mol. The summed E-state index contributed by atoms with van der Waals surface area (Å²) in [5, 5.41) is 0. The fourth-order valence-corrected chi connectivity index (χ4v) is 0.366. The van der Waals surface area contributed by atoms with Gasteiger partial charge < -0.3 is 5.73 Å². The maximum Gasteiger partial charge on any atom is 0.253 e. The Kier molecular flexibility index (Phi) is 1.69. The highest BCUT2D eigenvalue weighted by Gasteiger charge is 1.83. The van der Waals surface area contributed by atoms with E-state index in [-0.39, 0.29) is 0 Å². The van der Waals surface area contributed by atoms with E-state index < -0.39 is 0 Å². The molecule has 5 heteroatoms. The van der Waals surface area contributed by atoms with E-state index in [1.165, 1.54) is 12.7 Å². The number of aromatic nitrogens is 3. The molecule has 9 heavy (non-hydrogen) atoms. The largest absolute Gasteiger partial charge is 0.390 e. The molecule has 0 saturated heterocycles. The molecule has 1 aromatic rings. The summed E-state index contributed by atoms with van der Waals surface area (Å²) in [6, 6.07) is 0. The lowest BCUT2D eigenvalue weighted by atomic mass is 10.9. The molecule has 0 spiro atoms. The van der Waals surface area contributed by atoms with Gasteiger partial charge in [-0.05, 0) is 0 Å². The second kappa shape index (κ2) is 2.71. The van der Waals surface area contributed by atoms with Crippen molar-refractivity contribution in [1.82, 2.24) is 15.0 Å². The Hall–Kier alpha value is -1.52. The molecule has 0 atom stereocenters. The second-order valence-electron chi connectivity index (χ2n) is 1.22. The van der Waals surface area contributed by atoms with Crippen LogP contribution in [0.5, 0.6) is 0 Å². The summed E-state index contributed by atoms with van der Waals surface area (Å²) in [7, 11) is 0. The lowest BCUT2D eigenvalue weighted by Gasteiger charge is -1.83. The number of nitrogens with two attached hydrogens (primary N) is 1. The minimum absolute atomic E-state index is 0.326. The van der Waals surface area contributed by atoms with Crippen molar-refractivity contribution in [2.75, 3.05) is 0 Å². The van der Waals surface area contributed by atoms with Crippen molar-refractivity contribution in [3.63, 3.8) is 0 Å². The van der Waals surface area contributed by atoms with Gasteiger partial charge in [0, 0.05) is 0 Å². The predicted octanol–water partition coefficient (Wildman–Crippen LogP) is -0.510. The standard InChI is InChI=1S/C4H5N5/c5-1-7-4-8-2-6-3-9-4/h1-3H,(H2,5,6,7,8,9). The summed E-state index contributed by atoms with van der Waals surface area (Å²) < 4.78 is 0. The first kappa shape index (κ1) is 5.61. The van der Waals surface area contributed by atoms with E-state index in [9.17, 15) is 0 Å². The molecule has 5 nitrogen and oxygen atoms in total. The first-order valence-electron chi connectivity index (χ1n) is 2.30. The number of nitrogens with zero attached hydrogens (tertiary/aromatic N) is 4. The van der Waals surface area contributed by atoms with Crippen LogP contribution in [0.2, 0.25) is 0 Å². The van der Waals surface area contributed by atoms with E-state index in [1.807, 2.05) is 0 Å². The van der Waals surface area contributed by atoms with Gasteiger partial charge in [0.25, 0.3) is 5.95 Å². The molecule has 0 saturated carbocycles. The third kappa shape index (κ3) is 1.45. The van der Waals surface area contributed by atoms with Gasteiger partial charge in [0.05, 0.1) is 6.34 Å². The average molecular weight is 123 g/mol. The van der Waals surface area contributed by atoms with Crippen molar-refractivity contribution in [2.45, 2.75) is 0 Å². The molecule has 1 heterocycles. The molecular weight excluding hydrogens is 118 g/mol. The maximum atomic E-state index is 4.97. The van der Waals surface area contributed by atoms with Gasteiger partial charge in [-0.25, -0.2) is 9.98 Å². The van der Waals surface area contributed by atoms with Crippen LogP contribution in [0.1, 0.15) is 0 Å². The Morgan fingerprint density at radius 1 is 1.44 bits per heavy atom. The fourth-order valence-electron chi connectivity index (χ4n) is 0.366. The quantitative estimate of drug-likeness (QED) is 0.403. The molecule has 1 aromatic heterocycles. The normalized spacial score (nSPS) is 10.2. The van der Waals surface area contributed by atoms with E-state index in [2.05, 4.69) is 19.9 Å². The topological polar surface area (TPSA) is 77.0 Å². The number of hydrogen-bond donors (Lipinski definition) is 1. The van der Waals surface area contributed by atoms with Crippen molar-refractivity contribution in [3.05, 3.63) is 12.7 Å². The van der Waals surface area contributed by atoms with E-state index in [1.54, 1.807) is 0 Å². The molecule has 1 rings (SSSR count). The summed E-state index contributed by atoms with van der Waals surface area (Å²) >= 11 is 0. The number of rotatable bonds is 1. The highest BCUT2D eigenvalue weighted by atomic mass is 15.1. The molecule has 0 fully saturated rings. The first-order chi connectivity index (χ1) is 4.43. The van der Waals surface area contributed by atoms with Crippen molar-refractivity contribution in [3.8, 4) is 0 Å². The van der Waals surface area contributed by atoms with Crippen molar-refractivity contribution in [2.24, 2.45) is 10.7 Å². The van der Waals surface area contributed by atoms with Gasteiger partial charge >= 0.3 is 0 Å². The maximum absolute atomic E-state index is 4.97. The lowest BCUT2D eigenvalue weighted by molar-refractivity contribution is 1.04. The summed E-state index contributed by atoms with van der Waals surface area (Å²) in [6.45, 7) is 0.